The molecule has 28 heavy (non-hydrogen) atoms. The fourth-order valence-corrected chi connectivity index (χ4v) is 2.73. The lowest BCUT2D eigenvalue weighted by Gasteiger charge is -2.06. The van der Waals surface area contributed by atoms with Gasteiger partial charge < -0.3 is 9.84 Å². The molecule has 3 heterocycles. The van der Waals surface area contributed by atoms with Gasteiger partial charge in [0, 0.05) is 36.5 Å². The van der Waals surface area contributed by atoms with Gasteiger partial charge in [-0.3, -0.25) is 9.78 Å². The van der Waals surface area contributed by atoms with Gasteiger partial charge >= 0.3 is 0 Å². The van der Waals surface area contributed by atoms with Crippen molar-refractivity contribution in [3.05, 3.63) is 65.6 Å². The van der Waals surface area contributed by atoms with Crippen LogP contribution >= 0.6 is 0 Å². The van der Waals surface area contributed by atoms with Crippen molar-refractivity contribution in [3.63, 3.8) is 0 Å². The molecule has 0 aliphatic heterocycles. The van der Waals surface area contributed by atoms with Gasteiger partial charge in [-0.1, -0.05) is 5.16 Å². The molecule has 0 aliphatic rings. The van der Waals surface area contributed by atoms with E-state index in [1.165, 1.54) is 0 Å². The smallest absolute Gasteiger partial charge is 0.251 e. The van der Waals surface area contributed by atoms with Crippen molar-refractivity contribution in [2.75, 3.05) is 6.54 Å². The number of pyridine rings is 1. The van der Waals surface area contributed by atoms with Gasteiger partial charge in [0.2, 0.25) is 11.7 Å². The standard InChI is InChI=1S/C20H18N6O2/c1-12-13(2)24-17-10-14(5-6-16(17)23-12)20(27)22-9-7-18-25-19(26-28-18)15-4-3-8-21-11-15/h3-6,8,10-11H,7,9H2,1-2H3,(H,22,27). The van der Waals surface area contributed by atoms with E-state index in [0.717, 1.165) is 22.5 Å². The Kier molecular flexibility index (Phi) is 4.76. The summed E-state index contributed by atoms with van der Waals surface area (Å²) in [7, 11) is 0. The van der Waals surface area contributed by atoms with E-state index in [4.69, 9.17) is 4.52 Å². The van der Waals surface area contributed by atoms with Gasteiger partial charge in [0.25, 0.3) is 5.91 Å². The summed E-state index contributed by atoms with van der Waals surface area (Å²) < 4.78 is 5.23. The van der Waals surface area contributed by atoms with Gasteiger partial charge in [-0.2, -0.15) is 4.98 Å². The third-order valence-electron chi connectivity index (χ3n) is 4.35. The second-order valence-electron chi connectivity index (χ2n) is 6.36. The summed E-state index contributed by atoms with van der Waals surface area (Å²) in [5.74, 6) is 0.747. The zero-order chi connectivity index (χ0) is 19.5. The van der Waals surface area contributed by atoms with Crippen molar-refractivity contribution >= 4 is 16.9 Å². The Labute approximate surface area is 161 Å². The molecule has 0 atom stereocenters. The number of nitrogens with zero attached hydrogens (tertiary/aromatic N) is 5. The summed E-state index contributed by atoms with van der Waals surface area (Å²) in [4.78, 5) is 29.8. The maximum absolute atomic E-state index is 12.4. The summed E-state index contributed by atoms with van der Waals surface area (Å²) in [5.41, 5.74) is 4.53. The minimum absolute atomic E-state index is 0.186. The lowest BCUT2D eigenvalue weighted by molar-refractivity contribution is 0.0953. The molecule has 0 radical (unpaired) electrons. The van der Waals surface area contributed by atoms with Gasteiger partial charge in [0.05, 0.1) is 22.4 Å². The molecule has 0 saturated heterocycles. The molecule has 8 heteroatoms. The predicted molar refractivity (Wildman–Crippen MR) is 103 cm³/mol. The number of hydrogen-bond acceptors (Lipinski definition) is 7. The highest BCUT2D eigenvalue weighted by atomic mass is 16.5. The van der Waals surface area contributed by atoms with Gasteiger partial charge in [-0.05, 0) is 44.2 Å². The predicted octanol–water partition coefficient (Wildman–Crippen LogP) is 2.66. The highest BCUT2D eigenvalue weighted by molar-refractivity contribution is 5.97. The minimum Gasteiger partial charge on any atom is -0.352 e. The zero-order valence-electron chi connectivity index (χ0n) is 15.5. The molecule has 0 spiro atoms. The van der Waals surface area contributed by atoms with Crippen LogP contribution in [0.1, 0.15) is 27.6 Å². The van der Waals surface area contributed by atoms with E-state index in [1.807, 2.05) is 32.0 Å². The Balaban J connectivity index is 1.39. The summed E-state index contributed by atoms with van der Waals surface area (Å²) in [5, 5.41) is 6.80. The number of rotatable bonds is 5. The zero-order valence-corrected chi connectivity index (χ0v) is 15.5. The number of benzene rings is 1. The highest BCUT2D eigenvalue weighted by Gasteiger charge is 2.11. The maximum atomic E-state index is 12.4. The number of aromatic nitrogens is 5. The average molecular weight is 374 g/mol. The molecule has 0 fully saturated rings. The first-order valence-corrected chi connectivity index (χ1v) is 8.86. The van der Waals surface area contributed by atoms with Crippen molar-refractivity contribution in [1.29, 1.82) is 0 Å². The molecule has 4 aromatic rings. The van der Waals surface area contributed by atoms with Crippen molar-refractivity contribution in [1.82, 2.24) is 30.4 Å². The number of amides is 1. The van der Waals surface area contributed by atoms with Gasteiger partial charge in [-0.25, -0.2) is 9.97 Å². The quantitative estimate of drug-likeness (QED) is 0.572. The van der Waals surface area contributed by atoms with E-state index in [-0.39, 0.29) is 5.91 Å². The first-order chi connectivity index (χ1) is 13.6. The molecule has 1 aromatic carbocycles. The monoisotopic (exact) mass is 374 g/mol. The minimum atomic E-state index is -0.186. The van der Waals surface area contributed by atoms with Crippen LogP contribution in [0.5, 0.6) is 0 Å². The van der Waals surface area contributed by atoms with Crippen LogP contribution in [0.15, 0.2) is 47.2 Å². The van der Waals surface area contributed by atoms with Crippen LogP contribution in [-0.2, 0) is 6.42 Å². The number of nitrogens with one attached hydrogen (secondary N) is 1. The number of carbonyl (C=O) groups excluding carboxylic acids is 1. The molecular weight excluding hydrogens is 356 g/mol. The van der Waals surface area contributed by atoms with Crippen LogP contribution in [0.25, 0.3) is 22.4 Å². The van der Waals surface area contributed by atoms with E-state index in [1.54, 1.807) is 24.5 Å². The second-order valence-corrected chi connectivity index (χ2v) is 6.36. The normalized spacial score (nSPS) is 10.9. The van der Waals surface area contributed by atoms with Crippen LogP contribution in [0, 0.1) is 13.8 Å². The first kappa shape index (κ1) is 17.7. The van der Waals surface area contributed by atoms with Gasteiger partial charge in [0.1, 0.15) is 0 Å². The second kappa shape index (κ2) is 7.51. The number of aryl methyl sites for hydroxylation is 2. The van der Waals surface area contributed by atoms with E-state index in [9.17, 15) is 4.79 Å². The van der Waals surface area contributed by atoms with Crippen LogP contribution in [-0.4, -0.2) is 37.5 Å². The van der Waals surface area contributed by atoms with Crippen LogP contribution < -0.4 is 5.32 Å². The molecule has 0 saturated carbocycles. The SMILES string of the molecule is Cc1nc2ccc(C(=O)NCCc3nc(-c4cccnc4)no3)cc2nc1C. The lowest BCUT2D eigenvalue weighted by Crippen LogP contribution is -2.25. The van der Waals surface area contributed by atoms with E-state index < -0.39 is 0 Å². The van der Waals surface area contributed by atoms with Gasteiger partial charge in [-0.15, -0.1) is 0 Å². The lowest BCUT2D eigenvalue weighted by atomic mass is 10.1. The molecule has 1 amide bonds. The van der Waals surface area contributed by atoms with Crippen LogP contribution in [0.4, 0.5) is 0 Å². The van der Waals surface area contributed by atoms with Crippen LogP contribution in [0.3, 0.4) is 0 Å². The van der Waals surface area contributed by atoms with Gasteiger partial charge in [0.15, 0.2) is 0 Å². The van der Waals surface area contributed by atoms with Crippen molar-refractivity contribution in [2.45, 2.75) is 20.3 Å². The Morgan fingerprint density at radius 3 is 2.68 bits per heavy atom. The molecule has 0 unspecified atom stereocenters. The molecule has 3 aromatic heterocycles. The topological polar surface area (TPSA) is 107 Å². The summed E-state index contributed by atoms with van der Waals surface area (Å²) in [6.07, 6.45) is 3.79. The van der Waals surface area contributed by atoms with Crippen molar-refractivity contribution < 1.29 is 9.32 Å². The molecular formula is C20H18N6O2. The van der Waals surface area contributed by atoms with Crippen LogP contribution in [0.2, 0.25) is 0 Å². The Hall–Kier alpha value is -3.68. The largest absolute Gasteiger partial charge is 0.352 e. The first-order valence-electron chi connectivity index (χ1n) is 8.86. The fourth-order valence-electron chi connectivity index (χ4n) is 2.73. The molecule has 140 valence electrons. The van der Waals surface area contributed by atoms with Crippen molar-refractivity contribution in [3.8, 4) is 11.4 Å². The fraction of sp³-hybridized carbons (Fsp3) is 0.200. The molecule has 0 bridgehead atoms. The number of fused-ring (bicyclic) bond motifs is 1. The highest BCUT2D eigenvalue weighted by Crippen LogP contribution is 2.15. The van der Waals surface area contributed by atoms with E-state index in [0.29, 0.717) is 35.8 Å². The number of carbonyl (C=O) groups is 1. The third kappa shape index (κ3) is 3.71. The van der Waals surface area contributed by atoms with E-state index in [2.05, 4.69) is 30.4 Å². The maximum Gasteiger partial charge on any atom is 0.251 e. The Morgan fingerprint density at radius 2 is 1.89 bits per heavy atom. The molecule has 0 aliphatic carbocycles. The molecule has 8 nitrogen and oxygen atoms in total. The third-order valence-corrected chi connectivity index (χ3v) is 4.35. The summed E-state index contributed by atoms with van der Waals surface area (Å²) in [6, 6.07) is 8.96. The molecule has 1 N–H and O–H groups in total. The Bertz CT molecular complexity index is 1140. The number of hydrogen-bond donors (Lipinski definition) is 1. The average Bonchev–Trinajstić information content (AvgIpc) is 3.18. The van der Waals surface area contributed by atoms with Crippen molar-refractivity contribution in [2.24, 2.45) is 0 Å². The van der Waals surface area contributed by atoms with E-state index >= 15 is 0 Å². The summed E-state index contributed by atoms with van der Waals surface area (Å²) >= 11 is 0. The summed E-state index contributed by atoms with van der Waals surface area (Å²) in [6.45, 7) is 4.20. The Morgan fingerprint density at radius 1 is 1.07 bits per heavy atom. The molecule has 4 rings (SSSR count).